The molecule has 0 aliphatic heterocycles. The van der Waals surface area contributed by atoms with E-state index in [9.17, 15) is 0 Å². The summed E-state index contributed by atoms with van der Waals surface area (Å²) >= 11 is 0. The van der Waals surface area contributed by atoms with Gasteiger partial charge in [-0.25, -0.2) is 0 Å². The second-order valence-corrected chi connectivity index (χ2v) is 6.85. The van der Waals surface area contributed by atoms with E-state index in [2.05, 4.69) is 6.92 Å². The first-order valence-corrected chi connectivity index (χ1v) is 10.3. The maximum atomic E-state index is 9.00. The molecule has 3 unspecified atom stereocenters. The first-order valence-electron chi connectivity index (χ1n) is 10.3. The summed E-state index contributed by atoms with van der Waals surface area (Å²) in [6.45, 7) is 7.17. The Morgan fingerprint density at radius 1 is 0.594 bits per heavy atom. The zero-order valence-corrected chi connectivity index (χ0v) is 20.1. The van der Waals surface area contributed by atoms with Gasteiger partial charge < -0.3 is 43.4 Å². The number of nitrogens with two attached hydrogens (primary N) is 4. The van der Waals surface area contributed by atoms with E-state index in [1.165, 1.54) is 0 Å². The first kappa shape index (κ1) is 40.1. The highest BCUT2D eigenvalue weighted by Crippen LogP contribution is 2.09. The van der Waals surface area contributed by atoms with E-state index in [4.69, 9.17) is 62.5 Å². The van der Waals surface area contributed by atoms with Crippen molar-refractivity contribution in [1.29, 1.82) is 0 Å². The van der Waals surface area contributed by atoms with Crippen molar-refractivity contribution in [2.75, 3.05) is 6.54 Å². The maximum absolute atomic E-state index is 9.00. The Morgan fingerprint density at radius 3 is 1.03 bits per heavy atom. The molecule has 0 aromatic carbocycles. The average Bonchev–Trinajstić information content (AvgIpc) is 2.60. The summed E-state index contributed by atoms with van der Waals surface area (Å²) in [5.74, 6) is -3.33. The molecule has 0 spiro atoms. The summed E-state index contributed by atoms with van der Waals surface area (Å²) in [7, 11) is 0. The third-order valence-corrected chi connectivity index (χ3v) is 3.12. The second kappa shape index (κ2) is 30.9. The fourth-order valence-corrected chi connectivity index (χ4v) is 1.73. The molecule has 0 saturated heterocycles. The minimum Gasteiger partial charge on any atom is -0.481 e. The zero-order valence-electron chi connectivity index (χ0n) is 20.1. The molecule has 0 fully saturated rings. The van der Waals surface area contributed by atoms with E-state index in [0.29, 0.717) is 6.04 Å². The molecule has 0 bridgehead atoms. The van der Waals surface area contributed by atoms with Crippen LogP contribution < -0.4 is 22.9 Å². The molecule has 0 aliphatic carbocycles. The lowest BCUT2D eigenvalue weighted by molar-refractivity contribution is -0.135. The Hall–Kier alpha value is -2.28. The lowest BCUT2D eigenvalue weighted by atomic mass is 9.98. The summed E-state index contributed by atoms with van der Waals surface area (Å²) < 4.78 is 0. The van der Waals surface area contributed by atoms with Gasteiger partial charge >= 0.3 is 0 Å². The van der Waals surface area contributed by atoms with Gasteiger partial charge in [-0.3, -0.25) is 19.2 Å². The van der Waals surface area contributed by atoms with E-state index in [0.717, 1.165) is 79.2 Å². The Kier molecular flexibility index (Phi) is 38.7. The molecule has 0 rings (SSSR count). The monoisotopic (exact) mass is 470 g/mol. The van der Waals surface area contributed by atoms with E-state index >= 15 is 0 Å². The molecular formula is C20H46N4O8. The van der Waals surface area contributed by atoms with Crippen LogP contribution in [0.4, 0.5) is 0 Å². The number of carboxylic acid groups (broad SMARTS) is 4. The van der Waals surface area contributed by atoms with Crippen LogP contribution in [0.2, 0.25) is 0 Å². The summed E-state index contributed by atoms with van der Waals surface area (Å²) in [5.41, 5.74) is 23.3. The number of carbonyl (C=O) groups is 4. The molecule has 32 heavy (non-hydrogen) atoms. The minimum absolute atomic E-state index is 0.251. The minimum atomic E-state index is -0.833. The zero-order chi connectivity index (χ0) is 26.7. The lowest BCUT2D eigenvalue weighted by Gasteiger charge is -2.17. The Morgan fingerprint density at radius 2 is 0.812 bits per heavy atom. The van der Waals surface area contributed by atoms with Gasteiger partial charge in [-0.15, -0.1) is 0 Å². The summed E-state index contributed by atoms with van der Waals surface area (Å²) in [6, 6.07) is 0.813. The number of rotatable bonds is 10. The van der Waals surface area contributed by atoms with E-state index in [1.54, 1.807) is 0 Å². The highest BCUT2D eigenvalue weighted by molar-refractivity contribution is 5.63. The van der Waals surface area contributed by atoms with Crippen LogP contribution in [0.25, 0.3) is 0 Å². The van der Waals surface area contributed by atoms with Gasteiger partial charge in [0, 0.05) is 45.8 Å². The van der Waals surface area contributed by atoms with E-state index in [1.807, 2.05) is 0 Å². The summed E-state index contributed by atoms with van der Waals surface area (Å²) in [5, 5.41) is 29.7. The highest BCUT2D eigenvalue weighted by atomic mass is 16.4. The fraction of sp³-hybridized carbons (Fsp3) is 0.800. The van der Waals surface area contributed by atoms with E-state index in [-0.39, 0.29) is 12.1 Å². The van der Waals surface area contributed by atoms with Gasteiger partial charge in [0.25, 0.3) is 23.9 Å². The van der Waals surface area contributed by atoms with Gasteiger partial charge in [0.05, 0.1) is 0 Å². The SMILES string of the molecule is CC(=O)O.CC(=O)O.CC(=O)O.CC(=O)O.CCC(N)CCC(N)CCC(N)CCCN. The van der Waals surface area contributed by atoms with Crippen molar-refractivity contribution >= 4 is 23.9 Å². The third-order valence-electron chi connectivity index (χ3n) is 3.12. The van der Waals surface area contributed by atoms with Gasteiger partial charge in [-0.2, -0.15) is 0 Å². The molecule has 0 aromatic heterocycles. The van der Waals surface area contributed by atoms with Crippen molar-refractivity contribution in [3.05, 3.63) is 0 Å². The fourth-order valence-electron chi connectivity index (χ4n) is 1.73. The Labute approximate surface area is 191 Å². The van der Waals surface area contributed by atoms with Gasteiger partial charge in [-0.05, 0) is 51.5 Å². The number of hydrogen-bond acceptors (Lipinski definition) is 8. The van der Waals surface area contributed by atoms with Crippen molar-refractivity contribution in [2.24, 2.45) is 22.9 Å². The Balaban J connectivity index is -0.000000123. The van der Waals surface area contributed by atoms with Crippen LogP contribution in [0.3, 0.4) is 0 Å². The topological polar surface area (TPSA) is 253 Å². The number of carboxylic acids is 4. The molecule has 0 heterocycles. The molecule has 3 atom stereocenters. The highest BCUT2D eigenvalue weighted by Gasteiger charge is 2.08. The molecule has 0 radical (unpaired) electrons. The molecule has 0 aromatic rings. The van der Waals surface area contributed by atoms with Crippen LogP contribution in [-0.4, -0.2) is 69.0 Å². The largest absolute Gasteiger partial charge is 0.481 e. The average molecular weight is 471 g/mol. The molecule has 0 saturated carbocycles. The first-order chi connectivity index (χ1) is 14.5. The molecule has 194 valence electrons. The van der Waals surface area contributed by atoms with Crippen LogP contribution in [0.15, 0.2) is 0 Å². The quantitative estimate of drug-likeness (QED) is 0.223. The summed E-state index contributed by atoms with van der Waals surface area (Å²) in [4.78, 5) is 36.0. The molecule has 0 amide bonds. The van der Waals surface area contributed by atoms with Gasteiger partial charge in [-0.1, -0.05) is 6.92 Å². The van der Waals surface area contributed by atoms with Crippen molar-refractivity contribution in [3.63, 3.8) is 0 Å². The van der Waals surface area contributed by atoms with Gasteiger partial charge in [0.2, 0.25) is 0 Å². The van der Waals surface area contributed by atoms with Crippen molar-refractivity contribution in [2.45, 2.75) is 97.7 Å². The van der Waals surface area contributed by atoms with Crippen molar-refractivity contribution in [1.82, 2.24) is 0 Å². The van der Waals surface area contributed by atoms with Crippen molar-refractivity contribution < 1.29 is 39.6 Å². The smallest absolute Gasteiger partial charge is 0.300 e. The van der Waals surface area contributed by atoms with Crippen molar-refractivity contribution in [3.8, 4) is 0 Å². The number of hydrogen-bond donors (Lipinski definition) is 8. The van der Waals surface area contributed by atoms with Crippen LogP contribution in [-0.2, 0) is 19.2 Å². The number of aliphatic carboxylic acids is 4. The van der Waals surface area contributed by atoms with Crippen LogP contribution in [0, 0.1) is 0 Å². The molecule has 0 aliphatic rings. The standard InChI is InChI=1S/C12H30N4.4C2H4O2/c1-2-10(14)5-6-12(16)8-7-11(15)4-3-9-13;4*1-2(3)4/h10-12H,2-9,13-16H2,1H3;4*1H3,(H,3,4). The predicted molar refractivity (Wildman–Crippen MR) is 124 cm³/mol. The second-order valence-electron chi connectivity index (χ2n) is 6.85. The maximum Gasteiger partial charge on any atom is 0.300 e. The molecule has 12 heteroatoms. The predicted octanol–water partition coefficient (Wildman–Crippen LogP) is 1.04. The molecule has 12 N–H and O–H groups in total. The third kappa shape index (κ3) is 105. The normalized spacial score (nSPS) is 11.7. The lowest BCUT2D eigenvalue weighted by Crippen LogP contribution is -2.29. The van der Waals surface area contributed by atoms with Crippen LogP contribution in [0.5, 0.6) is 0 Å². The van der Waals surface area contributed by atoms with Crippen LogP contribution >= 0.6 is 0 Å². The molecular weight excluding hydrogens is 424 g/mol. The van der Waals surface area contributed by atoms with E-state index < -0.39 is 23.9 Å². The van der Waals surface area contributed by atoms with Gasteiger partial charge in [0.1, 0.15) is 0 Å². The van der Waals surface area contributed by atoms with Crippen LogP contribution in [0.1, 0.15) is 79.6 Å². The summed E-state index contributed by atoms with van der Waals surface area (Å²) in [6.07, 6.45) is 7.09. The Bertz CT molecular complexity index is 401. The van der Waals surface area contributed by atoms with Gasteiger partial charge in [0.15, 0.2) is 0 Å². The molecule has 12 nitrogen and oxygen atoms in total.